The van der Waals surface area contributed by atoms with E-state index < -0.39 is 5.97 Å². The van der Waals surface area contributed by atoms with Crippen LogP contribution >= 0.6 is 35.0 Å². The Morgan fingerprint density at radius 2 is 1.97 bits per heavy atom. The van der Waals surface area contributed by atoms with E-state index in [-0.39, 0.29) is 11.5 Å². The van der Waals surface area contributed by atoms with Gasteiger partial charge in [-0.3, -0.25) is 9.78 Å². The van der Waals surface area contributed by atoms with Crippen molar-refractivity contribution in [2.75, 3.05) is 0 Å². The number of hydrogen-bond donors (Lipinski definition) is 2. The molecule has 0 aliphatic carbocycles. The van der Waals surface area contributed by atoms with Gasteiger partial charge < -0.3 is 10.4 Å². The maximum atomic E-state index is 12.4. The van der Waals surface area contributed by atoms with Crippen molar-refractivity contribution in [3.05, 3.63) is 74.2 Å². The highest BCUT2D eigenvalue weighted by atomic mass is 35.5. The van der Waals surface area contributed by atoms with Crippen molar-refractivity contribution in [3.8, 4) is 0 Å². The van der Waals surface area contributed by atoms with Gasteiger partial charge in [0.05, 0.1) is 31.7 Å². The van der Waals surface area contributed by atoms with Gasteiger partial charge >= 0.3 is 5.97 Å². The molecule has 0 radical (unpaired) electrons. The summed E-state index contributed by atoms with van der Waals surface area (Å²) in [7, 11) is 0. The number of carbonyl (C=O) groups is 2. The molecule has 6 nitrogen and oxygen atoms in total. The van der Waals surface area contributed by atoms with Crippen molar-refractivity contribution >= 4 is 74.7 Å². The zero-order valence-electron chi connectivity index (χ0n) is 16.1. The van der Waals surface area contributed by atoms with E-state index in [1.54, 1.807) is 36.4 Å². The molecule has 0 bridgehead atoms. The van der Waals surface area contributed by atoms with Gasteiger partial charge in [0.2, 0.25) is 0 Å². The topological polar surface area (TPSA) is 91.7 Å². The number of aromatic nitrogens is 1. The lowest BCUT2D eigenvalue weighted by molar-refractivity contribution is -0.115. The molecule has 1 aliphatic rings. The van der Waals surface area contributed by atoms with Crippen molar-refractivity contribution in [1.82, 2.24) is 10.3 Å². The Morgan fingerprint density at radius 3 is 2.65 bits per heavy atom. The molecule has 2 N–H and O–H groups in total. The number of nitrogens with one attached hydrogen (secondary N) is 1. The molecule has 9 heteroatoms. The molecule has 0 saturated carbocycles. The fraction of sp³-hybridized carbons (Fsp3) is 0.0909. The molecule has 0 spiro atoms. The molecule has 2 aromatic carbocycles. The summed E-state index contributed by atoms with van der Waals surface area (Å²) in [6.45, 7) is 1.87. The quantitative estimate of drug-likeness (QED) is 0.476. The summed E-state index contributed by atoms with van der Waals surface area (Å²) in [5.41, 5.74) is 2.54. The summed E-state index contributed by atoms with van der Waals surface area (Å²) < 4.78 is 0. The number of aryl methyl sites for hydroxylation is 1. The predicted molar refractivity (Wildman–Crippen MR) is 125 cm³/mol. The van der Waals surface area contributed by atoms with E-state index in [9.17, 15) is 14.7 Å². The van der Waals surface area contributed by atoms with Gasteiger partial charge in [0.1, 0.15) is 5.69 Å². The first-order valence-corrected chi connectivity index (χ1v) is 10.8. The minimum atomic E-state index is -1.01. The largest absolute Gasteiger partial charge is 0.478 e. The summed E-state index contributed by atoms with van der Waals surface area (Å²) in [5.74, 6) is -1.31. The maximum absolute atomic E-state index is 12.4. The van der Waals surface area contributed by atoms with Crippen LogP contribution in [-0.4, -0.2) is 27.1 Å². The fourth-order valence-corrected chi connectivity index (χ4v) is 4.42. The van der Waals surface area contributed by atoms with Crippen LogP contribution < -0.4 is 5.32 Å². The van der Waals surface area contributed by atoms with E-state index in [0.29, 0.717) is 48.8 Å². The number of pyridine rings is 1. The normalized spacial score (nSPS) is 16.3. The zero-order chi connectivity index (χ0) is 22.1. The predicted octanol–water partition coefficient (Wildman–Crippen LogP) is 5.69. The lowest BCUT2D eigenvalue weighted by Crippen LogP contribution is -2.19. The van der Waals surface area contributed by atoms with Crippen molar-refractivity contribution in [1.29, 1.82) is 0 Å². The van der Waals surface area contributed by atoms with E-state index in [0.717, 1.165) is 5.56 Å². The van der Waals surface area contributed by atoms with Gasteiger partial charge in [0.25, 0.3) is 5.91 Å². The van der Waals surface area contributed by atoms with Crippen LogP contribution in [0.5, 0.6) is 0 Å². The molecule has 156 valence electrons. The van der Waals surface area contributed by atoms with Crippen molar-refractivity contribution in [2.24, 2.45) is 4.99 Å². The van der Waals surface area contributed by atoms with Gasteiger partial charge in [-0.15, -0.1) is 0 Å². The van der Waals surface area contributed by atoms with Crippen molar-refractivity contribution in [2.45, 2.75) is 13.3 Å². The molecule has 4 rings (SSSR count). The summed E-state index contributed by atoms with van der Waals surface area (Å²) in [6, 6.07) is 12.1. The van der Waals surface area contributed by atoms with Crippen LogP contribution in [0.4, 0.5) is 5.69 Å². The van der Waals surface area contributed by atoms with Gasteiger partial charge in [0.15, 0.2) is 5.17 Å². The Morgan fingerprint density at radius 1 is 1.23 bits per heavy atom. The van der Waals surface area contributed by atoms with Crippen molar-refractivity contribution < 1.29 is 14.7 Å². The second-order valence-corrected chi connectivity index (χ2v) is 8.49. The molecule has 1 amide bonds. The van der Waals surface area contributed by atoms with Crippen LogP contribution in [0.2, 0.25) is 10.0 Å². The number of halogens is 2. The van der Waals surface area contributed by atoms with Crippen molar-refractivity contribution in [3.63, 3.8) is 0 Å². The Hall–Kier alpha value is -2.87. The Balaban J connectivity index is 1.67. The number of hydrogen-bond acceptors (Lipinski definition) is 5. The number of amidine groups is 1. The fourth-order valence-electron chi connectivity index (χ4n) is 3.11. The third kappa shape index (κ3) is 4.44. The number of carboxylic acid groups (broad SMARTS) is 1. The second kappa shape index (κ2) is 8.70. The second-order valence-electron chi connectivity index (χ2n) is 6.65. The molecule has 0 atom stereocenters. The third-order valence-electron chi connectivity index (χ3n) is 4.58. The molecular weight excluding hydrogens is 457 g/mol. The lowest BCUT2D eigenvalue weighted by atomic mass is 10.1. The number of para-hydroxylation sites is 1. The number of aliphatic imine (C=N–C) groups is 1. The van der Waals surface area contributed by atoms with Crippen LogP contribution in [-0.2, 0) is 11.2 Å². The smallest absolute Gasteiger partial charge is 0.337 e. The SMILES string of the molecule is CCc1nc2ccc(/C=C3\SC(=Nc4c(Cl)cccc4Cl)NC3=O)cc2cc1C(=O)O. The van der Waals surface area contributed by atoms with Gasteiger partial charge in [-0.25, -0.2) is 9.79 Å². The van der Waals surface area contributed by atoms with Gasteiger partial charge in [-0.2, -0.15) is 0 Å². The third-order valence-corrected chi connectivity index (χ3v) is 6.10. The van der Waals surface area contributed by atoms with Crippen LogP contribution in [0.15, 0.2) is 52.4 Å². The molecule has 2 heterocycles. The Labute approximate surface area is 192 Å². The number of carboxylic acids is 1. The highest BCUT2D eigenvalue weighted by Gasteiger charge is 2.24. The van der Waals surface area contributed by atoms with Crippen LogP contribution in [0.3, 0.4) is 0 Å². The molecule has 1 saturated heterocycles. The number of thioether (sulfide) groups is 1. The van der Waals surface area contributed by atoms with Gasteiger partial charge in [0, 0.05) is 5.39 Å². The molecule has 1 aliphatic heterocycles. The number of benzene rings is 2. The first kappa shape index (κ1) is 21.4. The first-order chi connectivity index (χ1) is 14.9. The molecule has 1 fully saturated rings. The van der Waals surface area contributed by atoms with E-state index in [2.05, 4.69) is 15.3 Å². The molecular formula is C22H15Cl2N3O3S. The van der Waals surface area contributed by atoms with Crippen LogP contribution in [0, 0.1) is 0 Å². The number of carbonyl (C=O) groups excluding carboxylic acids is 1. The first-order valence-electron chi connectivity index (χ1n) is 9.26. The average molecular weight is 472 g/mol. The van der Waals surface area contributed by atoms with Crippen LogP contribution in [0.1, 0.15) is 28.5 Å². The summed E-state index contributed by atoms with van der Waals surface area (Å²) in [6.07, 6.45) is 2.24. The summed E-state index contributed by atoms with van der Waals surface area (Å²) >= 11 is 13.5. The minimum Gasteiger partial charge on any atom is -0.478 e. The molecule has 31 heavy (non-hydrogen) atoms. The minimum absolute atomic E-state index is 0.179. The average Bonchev–Trinajstić information content (AvgIpc) is 3.08. The Kier molecular flexibility index (Phi) is 6.00. The van der Waals surface area contributed by atoms with Gasteiger partial charge in [-0.1, -0.05) is 42.3 Å². The highest BCUT2D eigenvalue weighted by molar-refractivity contribution is 8.18. The standard InChI is InChI=1S/C22H15Cl2N3O3S/c1-2-16-13(21(29)30)10-12-8-11(6-7-17(12)25-16)9-18-20(28)27-22(31-18)26-19-14(23)4-3-5-15(19)24/h3-10H,2H2,1H3,(H,29,30)(H,26,27,28)/b18-9-. The zero-order valence-corrected chi connectivity index (χ0v) is 18.5. The molecule has 3 aromatic rings. The van der Waals surface area contributed by atoms with E-state index in [1.807, 2.05) is 19.1 Å². The molecule has 1 aromatic heterocycles. The number of nitrogens with zero attached hydrogens (tertiary/aromatic N) is 2. The number of rotatable bonds is 4. The highest BCUT2D eigenvalue weighted by Crippen LogP contribution is 2.35. The number of aromatic carboxylic acids is 1. The number of amides is 1. The summed E-state index contributed by atoms with van der Waals surface area (Å²) in [5, 5.41) is 14.0. The van der Waals surface area contributed by atoms with Gasteiger partial charge in [-0.05, 0) is 60.2 Å². The van der Waals surface area contributed by atoms with E-state index >= 15 is 0 Å². The maximum Gasteiger partial charge on any atom is 0.337 e. The monoisotopic (exact) mass is 471 g/mol. The molecule has 0 unspecified atom stereocenters. The van der Waals surface area contributed by atoms with E-state index in [4.69, 9.17) is 23.2 Å². The van der Waals surface area contributed by atoms with Crippen LogP contribution in [0.25, 0.3) is 17.0 Å². The van der Waals surface area contributed by atoms with E-state index in [1.165, 1.54) is 11.8 Å². The summed E-state index contributed by atoms with van der Waals surface area (Å²) in [4.78, 5) is 33.2. The number of fused-ring (bicyclic) bond motifs is 1. The Bertz CT molecular complexity index is 1280. The lowest BCUT2D eigenvalue weighted by Gasteiger charge is -2.06.